The first kappa shape index (κ1) is 15.6. The van der Waals surface area contributed by atoms with Gasteiger partial charge in [-0.15, -0.1) is 0 Å². The molecular formula is C16H24BrNO2. The molecule has 1 aliphatic rings. The third-order valence-electron chi connectivity index (χ3n) is 3.59. The topological polar surface area (TPSA) is 30.5 Å². The summed E-state index contributed by atoms with van der Waals surface area (Å²) in [6.07, 6.45) is 5.15. The zero-order valence-corrected chi connectivity index (χ0v) is 14.1. The SMILES string of the molecule is COc1cc(CNC(C)C)cc(Br)c1OC1CCCC1. The Morgan fingerprint density at radius 3 is 2.60 bits per heavy atom. The molecule has 1 N–H and O–H groups in total. The minimum atomic E-state index is 0.333. The molecule has 0 atom stereocenters. The van der Waals surface area contributed by atoms with Crippen molar-refractivity contribution < 1.29 is 9.47 Å². The summed E-state index contributed by atoms with van der Waals surface area (Å²) < 4.78 is 12.6. The number of benzene rings is 1. The van der Waals surface area contributed by atoms with Crippen LogP contribution >= 0.6 is 15.9 Å². The maximum Gasteiger partial charge on any atom is 0.175 e. The molecule has 1 fully saturated rings. The smallest absolute Gasteiger partial charge is 0.175 e. The fourth-order valence-corrected chi connectivity index (χ4v) is 3.07. The van der Waals surface area contributed by atoms with E-state index in [1.54, 1.807) is 7.11 Å². The molecular weight excluding hydrogens is 318 g/mol. The summed E-state index contributed by atoms with van der Waals surface area (Å²) in [6, 6.07) is 4.64. The Bertz CT molecular complexity index is 442. The molecule has 0 aliphatic heterocycles. The van der Waals surface area contributed by atoms with E-state index in [2.05, 4.69) is 47.2 Å². The summed E-state index contributed by atoms with van der Waals surface area (Å²) in [5.41, 5.74) is 1.20. The van der Waals surface area contributed by atoms with E-state index in [0.29, 0.717) is 12.1 Å². The second-order valence-corrected chi connectivity index (χ2v) is 6.52. The van der Waals surface area contributed by atoms with E-state index in [-0.39, 0.29) is 0 Å². The van der Waals surface area contributed by atoms with Crippen LogP contribution in [-0.4, -0.2) is 19.3 Å². The number of methoxy groups -OCH3 is 1. The first-order valence-electron chi connectivity index (χ1n) is 7.36. The quantitative estimate of drug-likeness (QED) is 0.837. The van der Waals surface area contributed by atoms with Gasteiger partial charge in [-0.05, 0) is 59.3 Å². The Morgan fingerprint density at radius 2 is 2.00 bits per heavy atom. The van der Waals surface area contributed by atoms with Gasteiger partial charge in [-0.2, -0.15) is 0 Å². The van der Waals surface area contributed by atoms with Crippen molar-refractivity contribution in [2.24, 2.45) is 0 Å². The van der Waals surface area contributed by atoms with Crippen LogP contribution in [0.5, 0.6) is 11.5 Å². The highest BCUT2D eigenvalue weighted by Crippen LogP contribution is 2.39. The van der Waals surface area contributed by atoms with Gasteiger partial charge in [0.25, 0.3) is 0 Å². The molecule has 0 radical (unpaired) electrons. The zero-order chi connectivity index (χ0) is 14.5. The predicted octanol–water partition coefficient (Wildman–Crippen LogP) is 4.28. The van der Waals surface area contributed by atoms with Crippen LogP contribution in [0.3, 0.4) is 0 Å². The van der Waals surface area contributed by atoms with E-state index in [0.717, 1.165) is 35.4 Å². The summed E-state index contributed by atoms with van der Waals surface area (Å²) >= 11 is 3.62. The molecule has 0 amide bonds. The van der Waals surface area contributed by atoms with E-state index in [1.807, 2.05) is 0 Å². The van der Waals surface area contributed by atoms with Crippen LogP contribution in [0.25, 0.3) is 0 Å². The summed E-state index contributed by atoms with van der Waals surface area (Å²) in [4.78, 5) is 0. The monoisotopic (exact) mass is 341 g/mol. The Labute approximate surface area is 130 Å². The molecule has 3 nitrogen and oxygen atoms in total. The van der Waals surface area contributed by atoms with Crippen LogP contribution in [0.15, 0.2) is 16.6 Å². The molecule has 4 heteroatoms. The van der Waals surface area contributed by atoms with Gasteiger partial charge in [0, 0.05) is 12.6 Å². The Balaban J connectivity index is 2.14. The normalized spacial score (nSPS) is 15.8. The molecule has 0 bridgehead atoms. The molecule has 1 aliphatic carbocycles. The maximum absolute atomic E-state index is 6.12. The van der Waals surface area contributed by atoms with Crippen LogP contribution in [0.2, 0.25) is 0 Å². The summed E-state index contributed by atoms with van der Waals surface area (Å²) in [5, 5.41) is 3.42. The van der Waals surface area contributed by atoms with Gasteiger partial charge in [0.1, 0.15) is 0 Å². The van der Waals surface area contributed by atoms with Crippen molar-refractivity contribution in [1.82, 2.24) is 5.32 Å². The minimum absolute atomic E-state index is 0.333. The van der Waals surface area contributed by atoms with Crippen molar-refractivity contribution in [1.29, 1.82) is 0 Å². The highest BCUT2D eigenvalue weighted by Gasteiger charge is 2.20. The number of rotatable bonds is 6. The minimum Gasteiger partial charge on any atom is -0.493 e. The molecule has 2 rings (SSSR count). The Kier molecular flexibility index (Phi) is 5.73. The van der Waals surface area contributed by atoms with Gasteiger partial charge in [-0.3, -0.25) is 0 Å². The van der Waals surface area contributed by atoms with Crippen molar-refractivity contribution in [3.63, 3.8) is 0 Å². The van der Waals surface area contributed by atoms with E-state index >= 15 is 0 Å². The van der Waals surface area contributed by atoms with Crippen molar-refractivity contribution in [2.75, 3.05) is 7.11 Å². The van der Waals surface area contributed by atoms with Crippen LogP contribution in [-0.2, 0) is 6.54 Å². The lowest BCUT2D eigenvalue weighted by atomic mass is 10.2. The molecule has 1 aromatic carbocycles. The average molecular weight is 342 g/mol. The average Bonchev–Trinajstić information content (AvgIpc) is 2.91. The summed E-state index contributed by atoms with van der Waals surface area (Å²) in [7, 11) is 1.70. The molecule has 20 heavy (non-hydrogen) atoms. The van der Waals surface area contributed by atoms with Gasteiger partial charge >= 0.3 is 0 Å². The lowest BCUT2D eigenvalue weighted by molar-refractivity contribution is 0.199. The summed E-state index contributed by atoms with van der Waals surface area (Å²) in [6.45, 7) is 5.12. The van der Waals surface area contributed by atoms with Gasteiger partial charge in [0.2, 0.25) is 0 Å². The summed E-state index contributed by atoms with van der Waals surface area (Å²) in [5.74, 6) is 1.65. The fraction of sp³-hybridized carbons (Fsp3) is 0.625. The second-order valence-electron chi connectivity index (χ2n) is 5.67. The number of hydrogen-bond donors (Lipinski definition) is 1. The Morgan fingerprint density at radius 1 is 1.30 bits per heavy atom. The zero-order valence-electron chi connectivity index (χ0n) is 12.5. The van der Waals surface area contributed by atoms with E-state index in [4.69, 9.17) is 9.47 Å². The fourth-order valence-electron chi connectivity index (χ4n) is 2.48. The number of ether oxygens (including phenoxy) is 2. The number of nitrogens with one attached hydrogen (secondary N) is 1. The van der Waals surface area contributed by atoms with Gasteiger partial charge in [0.05, 0.1) is 17.7 Å². The number of halogens is 1. The highest BCUT2D eigenvalue weighted by molar-refractivity contribution is 9.10. The van der Waals surface area contributed by atoms with Crippen LogP contribution < -0.4 is 14.8 Å². The van der Waals surface area contributed by atoms with E-state index in [9.17, 15) is 0 Å². The molecule has 0 saturated heterocycles. The number of hydrogen-bond acceptors (Lipinski definition) is 3. The van der Waals surface area contributed by atoms with E-state index in [1.165, 1.54) is 18.4 Å². The van der Waals surface area contributed by atoms with E-state index < -0.39 is 0 Å². The van der Waals surface area contributed by atoms with Gasteiger partial charge < -0.3 is 14.8 Å². The van der Waals surface area contributed by atoms with Crippen molar-refractivity contribution >= 4 is 15.9 Å². The molecule has 0 heterocycles. The van der Waals surface area contributed by atoms with Crippen molar-refractivity contribution in [2.45, 2.75) is 58.2 Å². The molecule has 112 valence electrons. The van der Waals surface area contributed by atoms with Crippen molar-refractivity contribution in [3.05, 3.63) is 22.2 Å². The lowest BCUT2D eigenvalue weighted by Gasteiger charge is -2.19. The maximum atomic E-state index is 6.12. The molecule has 0 unspecified atom stereocenters. The second kappa shape index (κ2) is 7.32. The van der Waals surface area contributed by atoms with Crippen LogP contribution in [0.1, 0.15) is 45.1 Å². The van der Waals surface area contributed by atoms with Crippen LogP contribution in [0, 0.1) is 0 Å². The van der Waals surface area contributed by atoms with Crippen molar-refractivity contribution in [3.8, 4) is 11.5 Å². The largest absolute Gasteiger partial charge is 0.493 e. The molecule has 0 spiro atoms. The molecule has 1 saturated carbocycles. The first-order valence-corrected chi connectivity index (χ1v) is 8.16. The van der Waals surface area contributed by atoms with Gasteiger partial charge in [-0.1, -0.05) is 13.8 Å². The lowest BCUT2D eigenvalue weighted by Crippen LogP contribution is -2.22. The third kappa shape index (κ3) is 4.13. The first-order chi connectivity index (χ1) is 9.60. The van der Waals surface area contributed by atoms with Crippen LogP contribution in [0.4, 0.5) is 0 Å². The Hall–Kier alpha value is -0.740. The predicted molar refractivity (Wildman–Crippen MR) is 85.6 cm³/mol. The standard InChI is InChI=1S/C16H24BrNO2/c1-11(2)18-10-12-8-14(17)16(15(9-12)19-3)20-13-6-4-5-7-13/h8-9,11,13,18H,4-7,10H2,1-3H3. The molecule has 1 aromatic rings. The highest BCUT2D eigenvalue weighted by atomic mass is 79.9. The third-order valence-corrected chi connectivity index (χ3v) is 4.18. The molecule has 0 aromatic heterocycles. The van der Waals surface area contributed by atoms with Gasteiger partial charge in [0.15, 0.2) is 11.5 Å². The van der Waals surface area contributed by atoms with Gasteiger partial charge in [-0.25, -0.2) is 0 Å².